The largest absolute Gasteiger partial charge is 0.442 e. The number of hydrogen-bond acceptors (Lipinski definition) is 4. The number of oxazole rings is 1. The summed E-state index contributed by atoms with van der Waals surface area (Å²) in [5.41, 5.74) is 5.98. The lowest BCUT2D eigenvalue weighted by atomic mass is 9.79. The van der Waals surface area contributed by atoms with Gasteiger partial charge >= 0.3 is 0 Å². The first-order valence-corrected chi connectivity index (χ1v) is 10.2. The molecule has 1 fully saturated rings. The molecule has 6 rings (SSSR count). The van der Waals surface area contributed by atoms with Crippen molar-refractivity contribution in [2.45, 2.75) is 31.7 Å². The van der Waals surface area contributed by atoms with Crippen molar-refractivity contribution < 1.29 is 8.81 Å². The summed E-state index contributed by atoms with van der Waals surface area (Å²) in [5, 5.41) is 0. The topological polar surface area (TPSA) is 56.2 Å². The van der Waals surface area contributed by atoms with E-state index in [1.807, 2.05) is 10.6 Å². The van der Waals surface area contributed by atoms with Crippen LogP contribution in [-0.4, -0.2) is 20.2 Å². The molecule has 0 saturated heterocycles. The Kier molecular flexibility index (Phi) is 3.91. The van der Waals surface area contributed by atoms with E-state index in [1.165, 1.54) is 37.3 Å². The van der Waals surface area contributed by atoms with E-state index in [0.717, 1.165) is 16.9 Å². The Labute approximate surface area is 172 Å². The van der Waals surface area contributed by atoms with Gasteiger partial charge < -0.3 is 4.42 Å². The molecule has 2 aromatic carbocycles. The predicted molar refractivity (Wildman–Crippen MR) is 111 cm³/mol. The van der Waals surface area contributed by atoms with Crippen molar-refractivity contribution >= 4 is 5.71 Å². The van der Waals surface area contributed by atoms with Gasteiger partial charge in [0.15, 0.2) is 12.2 Å². The molecule has 30 heavy (non-hydrogen) atoms. The summed E-state index contributed by atoms with van der Waals surface area (Å²) in [6.07, 6.45) is 8.51. The molecule has 5 nitrogen and oxygen atoms in total. The van der Waals surface area contributed by atoms with Gasteiger partial charge in [-0.05, 0) is 48.6 Å². The molecule has 2 aromatic heterocycles. The van der Waals surface area contributed by atoms with E-state index in [1.54, 1.807) is 24.7 Å². The van der Waals surface area contributed by atoms with Gasteiger partial charge in [0.1, 0.15) is 17.8 Å². The minimum atomic E-state index is -0.267. The Balaban J connectivity index is 1.58. The zero-order valence-electron chi connectivity index (χ0n) is 16.3. The van der Waals surface area contributed by atoms with Crippen LogP contribution in [0.2, 0.25) is 0 Å². The van der Waals surface area contributed by atoms with Crippen molar-refractivity contribution in [3.63, 3.8) is 0 Å². The monoisotopic (exact) mass is 398 g/mol. The van der Waals surface area contributed by atoms with Gasteiger partial charge in [-0.2, -0.15) is 0 Å². The molecule has 0 N–H and O–H groups in total. The number of aliphatic imine (C=N–C) groups is 1. The summed E-state index contributed by atoms with van der Waals surface area (Å²) in [7, 11) is 0. The zero-order chi connectivity index (χ0) is 20.1. The first kappa shape index (κ1) is 17.3. The molecule has 1 saturated carbocycles. The third kappa shape index (κ3) is 2.64. The molecule has 4 aromatic rings. The fraction of sp³-hybridized carbons (Fsp3) is 0.208. The molecule has 2 aliphatic rings. The molecule has 0 unspecified atom stereocenters. The van der Waals surface area contributed by atoms with Gasteiger partial charge in [-0.25, -0.2) is 14.4 Å². The van der Waals surface area contributed by atoms with Crippen LogP contribution >= 0.6 is 0 Å². The summed E-state index contributed by atoms with van der Waals surface area (Å²) in [5.74, 6) is 0.907. The first-order valence-electron chi connectivity index (χ1n) is 10.2. The lowest BCUT2D eigenvalue weighted by Crippen LogP contribution is -2.13. The van der Waals surface area contributed by atoms with Crippen molar-refractivity contribution in [3.8, 4) is 17.1 Å². The Hall–Kier alpha value is -3.54. The first-order chi connectivity index (χ1) is 14.8. The maximum atomic E-state index is 14.8. The van der Waals surface area contributed by atoms with Crippen molar-refractivity contribution in [1.82, 2.24) is 14.5 Å². The Morgan fingerprint density at radius 1 is 1.07 bits per heavy atom. The normalized spacial score (nSPS) is 15.7. The molecular weight excluding hydrogens is 379 g/mol. The van der Waals surface area contributed by atoms with Crippen molar-refractivity contribution in [1.29, 1.82) is 0 Å². The van der Waals surface area contributed by atoms with Crippen LogP contribution in [0.1, 0.15) is 47.6 Å². The minimum absolute atomic E-state index is 0.267. The molecule has 3 heterocycles. The molecule has 0 spiro atoms. The molecule has 0 atom stereocenters. The zero-order valence-corrected chi connectivity index (χ0v) is 16.3. The number of imidazole rings is 1. The fourth-order valence-electron chi connectivity index (χ4n) is 4.34. The van der Waals surface area contributed by atoms with E-state index < -0.39 is 0 Å². The van der Waals surface area contributed by atoms with E-state index in [4.69, 9.17) is 9.41 Å². The maximum Gasteiger partial charge on any atom is 0.181 e. The number of benzene rings is 2. The number of fused-ring (bicyclic) bond motifs is 3. The highest BCUT2D eigenvalue weighted by atomic mass is 19.1. The van der Waals surface area contributed by atoms with Crippen LogP contribution < -0.4 is 0 Å². The summed E-state index contributed by atoms with van der Waals surface area (Å²) < 4.78 is 22.3. The number of nitrogens with zero attached hydrogens (tertiary/aromatic N) is 4. The van der Waals surface area contributed by atoms with Crippen LogP contribution in [-0.2, 0) is 6.54 Å². The Morgan fingerprint density at radius 3 is 2.73 bits per heavy atom. The van der Waals surface area contributed by atoms with E-state index in [0.29, 0.717) is 35.2 Å². The third-order valence-corrected chi connectivity index (χ3v) is 6.16. The van der Waals surface area contributed by atoms with Gasteiger partial charge in [-0.1, -0.05) is 24.6 Å². The lowest BCUT2D eigenvalue weighted by Gasteiger charge is -2.27. The quantitative estimate of drug-likeness (QED) is 0.471. The molecule has 6 heteroatoms. The van der Waals surface area contributed by atoms with Gasteiger partial charge in [0.05, 0.1) is 29.8 Å². The van der Waals surface area contributed by atoms with Gasteiger partial charge in [0.2, 0.25) is 0 Å². The summed E-state index contributed by atoms with van der Waals surface area (Å²) in [6.45, 7) is 0.368. The molecule has 0 amide bonds. The lowest BCUT2D eigenvalue weighted by molar-refractivity contribution is 0.419. The molecular formula is C24H19FN4O. The van der Waals surface area contributed by atoms with Crippen molar-refractivity contribution in [2.24, 2.45) is 4.99 Å². The molecule has 1 aliphatic carbocycles. The number of halogens is 1. The third-order valence-electron chi connectivity index (χ3n) is 6.16. The molecule has 148 valence electrons. The highest BCUT2D eigenvalue weighted by Gasteiger charge is 2.27. The van der Waals surface area contributed by atoms with Crippen LogP contribution in [0.15, 0.2) is 70.8 Å². The second-order valence-electron chi connectivity index (χ2n) is 7.82. The van der Waals surface area contributed by atoms with Crippen LogP contribution in [0.25, 0.3) is 17.1 Å². The van der Waals surface area contributed by atoms with E-state index >= 15 is 0 Å². The van der Waals surface area contributed by atoms with Crippen LogP contribution in [0, 0.1) is 5.82 Å². The second kappa shape index (κ2) is 6.76. The Bertz CT molecular complexity index is 1270. The minimum Gasteiger partial charge on any atom is -0.442 e. The Morgan fingerprint density at radius 2 is 1.97 bits per heavy atom. The van der Waals surface area contributed by atoms with Gasteiger partial charge in [-0.3, -0.25) is 9.56 Å². The average molecular weight is 398 g/mol. The van der Waals surface area contributed by atoms with Crippen LogP contribution in [0.4, 0.5) is 4.39 Å². The molecule has 0 bridgehead atoms. The van der Waals surface area contributed by atoms with E-state index in [2.05, 4.69) is 28.2 Å². The number of hydrogen-bond donors (Lipinski definition) is 0. The van der Waals surface area contributed by atoms with Gasteiger partial charge in [-0.15, -0.1) is 0 Å². The number of rotatable bonds is 3. The smallest absolute Gasteiger partial charge is 0.181 e. The SMILES string of the molecule is Fc1ccccc1C1=NCc2c(-c3cnco3)ncn2-c2ccc(C3CCC3)cc21. The predicted octanol–water partition coefficient (Wildman–Crippen LogP) is 5.28. The molecule has 1 aliphatic heterocycles. The van der Waals surface area contributed by atoms with E-state index in [-0.39, 0.29) is 5.82 Å². The van der Waals surface area contributed by atoms with Gasteiger partial charge in [0, 0.05) is 11.1 Å². The number of aromatic nitrogens is 3. The van der Waals surface area contributed by atoms with Crippen LogP contribution in [0.3, 0.4) is 0 Å². The standard InChI is InChI=1S/C24H19FN4O/c25-19-7-2-1-6-17(19)23-18-10-16(15-4-3-5-15)8-9-20(18)29-13-28-24(21(29)11-27-23)22-12-26-14-30-22/h1-2,6-10,12-15H,3-5,11H2. The average Bonchev–Trinajstić information content (AvgIpc) is 3.35. The highest BCUT2D eigenvalue weighted by molar-refractivity contribution is 6.15. The molecule has 0 radical (unpaired) electrons. The van der Waals surface area contributed by atoms with Crippen molar-refractivity contribution in [2.75, 3.05) is 0 Å². The maximum absolute atomic E-state index is 14.8. The van der Waals surface area contributed by atoms with Crippen LogP contribution in [0.5, 0.6) is 0 Å². The van der Waals surface area contributed by atoms with Crippen molar-refractivity contribution in [3.05, 3.63) is 89.6 Å². The fourth-order valence-corrected chi connectivity index (χ4v) is 4.34. The van der Waals surface area contributed by atoms with E-state index in [9.17, 15) is 4.39 Å². The summed E-state index contributed by atoms with van der Waals surface area (Å²) in [6, 6.07) is 13.3. The highest BCUT2D eigenvalue weighted by Crippen LogP contribution is 2.39. The summed E-state index contributed by atoms with van der Waals surface area (Å²) >= 11 is 0. The summed E-state index contributed by atoms with van der Waals surface area (Å²) in [4.78, 5) is 13.5. The van der Waals surface area contributed by atoms with Gasteiger partial charge in [0.25, 0.3) is 0 Å². The second-order valence-corrected chi connectivity index (χ2v) is 7.82.